The van der Waals surface area contributed by atoms with Gasteiger partial charge in [-0.1, -0.05) is 18.2 Å². The summed E-state index contributed by atoms with van der Waals surface area (Å²) in [5.41, 5.74) is 3.32. The van der Waals surface area contributed by atoms with Crippen LogP contribution in [0.2, 0.25) is 0 Å². The molecule has 3 rings (SSSR count). The lowest BCUT2D eigenvalue weighted by atomic mass is 10.0. The molecule has 0 amide bonds. The number of nitrogens with one attached hydrogen (secondary N) is 3. The fourth-order valence-electron chi connectivity index (χ4n) is 3.69. The van der Waals surface area contributed by atoms with E-state index in [4.69, 9.17) is 14.2 Å². The molecule has 1 aliphatic rings. The van der Waals surface area contributed by atoms with Gasteiger partial charge in [0.2, 0.25) is 0 Å². The third-order valence-electron chi connectivity index (χ3n) is 5.27. The Morgan fingerprint density at radius 2 is 1.88 bits per heavy atom. The average Bonchev–Trinajstić information content (AvgIpc) is 2.80. The molecule has 32 heavy (non-hydrogen) atoms. The van der Waals surface area contributed by atoms with Crippen molar-refractivity contribution in [2.75, 3.05) is 33.9 Å². The number of fused-ring (bicyclic) bond motifs is 1. The maximum absolute atomic E-state index is 10.4. The molecule has 4 N–H and O–H groups in total. The van der Waals surface area contributed by atoms with E-state index in [9.17, 15) is 5.11 Å². The standard InChI is InChI=1S/C25H35N3O4/c1-17(2)28-25-21-6-5-7-22(20(21)11-13-27-25)32-16-19(29)15-26-12-10-18-8-9-23(30-3)24(14-18)31-4/h5-9,11,13-14,17,19,25-29H,10,12,15-16H2,1-4H3. The van der Waals surface area contributed by atoms with Gasteiger partial charge >= 0.3 is 0 Å². The molecule has 2 unspecified atom stereocenters. The first-order valence-corrected chi connectivity index (χ1v) is 11.1. The normalized spacial score (nSPS) is 15.8. The summed E-state index contributed by atoms with van der Waals surface area (Å²) >= 11 is 0. The molecular weight excluding hydrogens is 406 g/mol. The zero-order valence-corrected chi connectivity index (χ0v) is 19.4. The summed E-state index contributed by atoms with van der Waals surface area (Å²) in [6, 6.07) is 12.3. The number of ether oxygens (including phenoxy) is 3. The van der Waals surface area contributed by atoms with E-state index < -0.39 is 6.10 Å². The molecule has 0 aromatic heterocycles. The van der Waals surface area contributed by atoms with E-state index >= 15 is 0 Å². The van der Waals surface area contributed by atoms with Gasteiger partial charge in [0.15, 0.2) is 11.5 Å². The van der Waals surface area contributed by atoms with E-state index in [1.165, 1.54) is 0 Å². The van der Waals surface area contributed by atoms with Crippen molar-refractivity contribution in [2.45, 2.75) is 38.6 Å². The summed E-state index contributed by atoms with van der Waals surface area (Å²) in [7, 11) is 3.26. The summed E-state index contributed by atoms with van der Waals surface area (Å²) in [5.74, 6) is 2.22. The Balaban J connectivity index is 1.46. The molecule has 1 heterocycles. The van der Waals surface area contributed by atoms with Crippen molar-refractivity contribution in [3.8, 4) is 17.2 Å². The summed E-state index contributed by atoms with van der Waals surface area (Å²) in [5, 5.41) is 20.5. The largest absolute Gasteiger partial charge is 0.493 e. The molecule has 0 bridgehead atoms. The number of methoxy groups -OCH3 is 2. The fourth-order valence-corrected chi connectivity index (χ4v) is 3.69. The molecule has 1 aliphatic heterocycles. The molecule has 7 heteroatoms. The lowest BCUT2D eigenvalue weighted by Gasteiger charge is -2.28. The van der Waals surface area contributed by atoms with E-state index in [0.29, 0.717) is 12.6 Å². The van der Waals surface area contributed by atoms with E-state index in [0.717, 1.165) is 46.9 Å². The van der Waals surface area contributed by atoms with Gasteiger partial charge in [0.1, 0.15) is 24.6 Å². The first kappa shape index (κ1) is 23.9. The van der Waals surface area contributed by atoms with Crippen LogP contribution in [-0.4, -0.2) is 51.2 Å². The van der Waals surface area contributed by atoms with Gasteiger partial charge in [-0.05, 0) is 68.4 Å². The second kappa shape index (κ2) is 11.8. The summed E-state index contributed by atoms with van der Waals surface area (Å²) in [6.07, 6.45) is 4.20. The number of benzene rings is 2. The number of hydrogen-bond donors (Lipinski definition) is 4. The van der Waals surface area contributed by atoms with Gasteiger partial charge in [0.05, 0.1) is 14.2 Å². The highest BCUT2D eigenvalue weighted by Gasteiger charge is 2.20. The monoisotopic (exact) mass is 441 g/mol. The molecule has 0 aliphatic carbocycles. The summed E-state index contributed by atoms with van der Waals surface area (Å²) < 4.78 is 16.6. The SMILES string of the molecule is COc1ccc(CCNCC(O)COc2cccc3c2C=CNC3NC(C)C)cc1OC. The van der Waals surface area contributed by atoms with Crippen molar-refractivity contribution in [3.05, 3.63) is 59.3 Å². The molecular formula is C25H35N3O4. The third kappa shape index (κ3) is 6.38. The quantitative estimate of drug-likeness (QED) is 0.377. The van der Waals surface area contributed by atoms with Crippen LogP contribution in [0.15, 0.2) is 42.6 Å². The van der Waals surface area contributed by atoms with Gasteiger partial charge in [0, 0.05) is 18.2 Å². The molecule has 0 fully saturated rings. The minimum absolute atomic E-state index is 0.0433. The maximum Gasteiger partial charge on any atom is 0.160 e. The second-order valence-corrected chi connectivity index (χ2v) is 8.12. The molecule has 0 radical (unpaired) electrons. The van der Waals surface area contributed by atoms with E-state index in [1.54, 1.807) is 14.2 Å². The second-order valence-electron chi connectivity index (χ2n) is 8.12. The fraction of sp³-hybridized carbons (Fsp3) is 0.440. The smallest absolute Gasteiger partial charge is 0.160 e. The van der Waals surface area contributed by atoms with Crippen LogP contribution >= 0.6 is 0 Å². The Morgan fingerprint density at radius 3 is 2.62 bits per heavy atom. The zero-order chi connectivity index (χ0) is 22.9. The molecule has 0 saturated heterocycles. The highest BCUT2D eigenvalue weighted by molar-refractivity contribution is 5.63. The first-order chi connectivity index (χ1) is 15.5. The minimum atomic E-state index is -0.605. The van der Waals surface area contributed by atoms with Crippen molar-refractivity contribution < 1.29 is 19.3 Å². The Morgan fingerprint density at radius 1 is 1.06 bits per heavy atom. The topological polar surface area (TPSA) is 84.0 Å². The van der Waals surface area contributed by atoms with Gasteiger partial charge in [-0.2, -0.15) is 0 Å². The van der Waals surface area contributed by atoms with Gasteiger partial charge in [-0.25, -0.2) is 0 Å². The van der Waals surface area contributed by atoms with Crippen molar-refractivity contribution >= 4 is 6.08 Å². The Bertz CT molecular complexity index is 901. The number of hydrogen-bond acceptors (Lipinski definition) is 7. The third-order valence-corrected chi connectivity index (χ3v) is 5.27. The van der Waals surface area contributed by atoms with Crippen LogP contribution in [0, 0.1) is 0 Å². The Labute approximate surface area is 190 Å². The van der Waals surface area contributed by atoms with Gasteiger partial charge in [-0.15, -0.1) is 0 Å². The molecule has 2 aromatic carbocycles. The number of aliphatic hydroxyl groups excluding tert-OH is 1. The highest BCUT2D eigenvalue weighted by atomic mass is 16.5. The van der Waals surface area contributed by atoms with Crippen LogP contribution in [0.5, 0.6) is 17.2 Å². The van der Waals surface area contributed by atoms with E-state index in [1.807, 2.05) is 42.6 Å². The first-order valence-electron chi connectivity index (χ1n) is 11.1. The Hall–Kier alpha value is -2.74. The maximum atomic E-state index is 10.4. The van der Waals surface area contributed by atoms with Crippen molar-refractivity contribution in [2.24, 2.45) is 0 Å². The van der Waals surface area contributed by atoms with Gasteiger partial charge in [0.25, 0.3) is 0 Å². The van der Waals surface area contributed by atoms with E-state index in [2.05, 4.69) is 35.9 Å². The van der Waals surface area contributed by atoms with Gasteiger partial charge in [-0.3, -0.25) is 5.32 Å². The van der Waals surface area contributed by atoms with Crippen LogP contribution in [-0.2, 0) is 6.42 Å². The van der Waals surface area contributed by atoms with Gasteiger partial charge < -0.3 is 30.0 Å². The van der Waals surface area contributed by atoms with Crippen LogP contribution in [0.25, 0.3) is 6.08 Å². The molecule has 0 spiro atoms. The van der Waals surface area contributed by atoms with Crippen molar-refractivity contribution in [3.63, 3.8) is 0 Å². The predicted octanol–water partition coefficient (Wildman–Crippen LogP) is 2.85. The van der Waals surface area contributed by atoms with Crippen LogP contribution in [0.4, 0.5) is 0 Å². The van der Waals surface area contributed by atoms with Crippen LogP contribution < -0.4 is 30.2 Å². The number of rotatable bonds is 12. The minimum Gasteiger partial charge on any atom is -0.493 e. The molecule has 174 valence electrons. The van der Waals surface area contributed by atoms with Crippen molar-refractivity contribution in [1.29, 1.82) is 0 Å². The molecule has 2 aromatic rings. The lowest BCUT2D eigenvalue weighted by Crippen LogP contribution is -2.37. The van der Waals surface area contributed by atoms with Crippen LogP contribution in [0.1, 0.15) is 36.7 Å². The molecule has 0 saturated carbocycles. The summed E-state index contributed by atoms with van der Waals surface area (Å²) in [4.78, 5) is 0. The zero-order valence-electron chi connectivity index (χ0n) is 19.4. The lowest BCUT2D eigenvalue weighted by molar-refractivity contribution is 0.106. The number of aliphatic hydroxyl groups is 1. The van der Waals surface area contributed by atoms with Crippen molar-refractivity contribution in [1.82, 2.24) is 16.0 Å². The molecule has 7 nitrogen and oxygen atoms in total. The predicted molar refractivity (Wildman–Crippen MR) is 127 cm³/mol. The summed E-state index contributed by atoms with van der Waals surface area (Å²) in [6.45, 7) is 5.66. The Kier molecular flexibility index (Phi) is 8.79. The highest BCUT2D eigenvalue weighted by Crippen LogP contribution is 2.30. The molecule has 2 atom stereocenters. The van der Waals surface area contributed by atoms with Crippen LogP contribution in [0.3, 0.4) is 0 Å². The average molecular weight is 442 g/mol. The van der Waals surface area contributed by atoms with E-state index in [-0.39, 0.29) is 12.8 Å².